The van der Waals surface area contributed by atoms with Crippen LogP contribution in [0.1, 0.15) is 8.35 Å². The van der Waals surface area contributed by atoms with Gasteiger partial charge in [0.15, 0.2) is 0 Å². The van der Waals surface area contributed by atoms with E-state index in [0.717, 1.165) is 6.92 Å². The number of carboxylic acid groups (broad SMARTS) is 2. The van der Waals surface area contributed by atoms with E-state index in [0.29, 0.717) is 0 Å². The summed E-state index contributed by atoms with van der Waals surface area (Å²) in [5.41, 5.74) is 0. The second-order valence-corrected chi connectivity index (χ2v) is 0.624. The fourth-order valence-corrected chi connectivity index (χ4v) is 0. The van der Waals surface area contributed by atoms with Crippen molar-refractivity contribution < 1.29 is 40.1 Å². The molecule has 0 aliphatic rings. The van der Waals surface area contributed by atoms with E-state index < -0.39 is 5.97 Å². The third-order valence-corrected chi connectivity index (χ3v) is 0. The number of carboxylic acids is 1. The summed E-state index contributed by atoms with van der Waals surface area (Å²) in [4.78, 5) is 17.4. The SMILES string of the molecule is CC(=O)O.O=CO.[H-].[Li+]. The van der Waals surface area contributed by atoms with Gasteiger partial charge in [-0.25, -0.2) is 0 Å². The molecule has 0 aliphatic heterocycles. The minimum atomic E-state index is -0.833. The molecular formula is C3H7LiO4. The topological polar surface area (TPSA) is 74.6 Å². The van der Waals surface area contributed by atoms with Crippen molar-refractivity contribution in [3.63, 3.8) is 0 Å². The molecule has 0 aliphatic carbocycles. The Balaban J connectivity index is -0.0000000233. The van der Waals surface area contributed by atoms with Gasteiger partial charge in [0.25, 0.3) is 12.4 Å². The molecule has 0 unspecified atom stereocenters. The average molecular weight is 114 g/mol. The number of hydrogen-bond donors (Lipinski definition) is 2. The van der Waals surface area contributed by atoms with Gasteiger partial charge in [0.05, 0.1) is 0 Å². The molecule has 0 aromatic heterocycles. The van der Waals surface area contributed by atoms with Crippen molar-refractivity contribution in [2.75, 3.05) is 0 Å². The zero-order valence-electron chi connectivity index (χ0n) is 5.79. The van der Waals surface area contributed by atoms with Gasteiger partial charge in [0, 0.05) is 6.92 Å². The van der Waals surface area contributed by atoms with E-state index in [1.807, 2.05) is 0 Å². The van der Waals surface area contributed by atoms with Gasteiger partial charge in [0.1, 0.15) is 0 Å². The number of rotatable bonds is 0. The maximum Gasteiger partial charge on any atom is 1.00 e. The zero-order chi connectivity index (χ0) is 6.28. The van der Waals surface area contributed by atoms with E-state index >= 15 is 0 Å². The summed E-state index contributed by atoms with van der Waals surface area (Å²) in [7, 11) is 0. The van der Waals surface area contributed by atoms with Crippen molar-refractivity contribution in [2.24, 2.45) is 0 Å². The molecule has 0 heterocycles. The molecule has 0 saturated heterocycles. The van der Waals surface area contributed by atoms with Crippen LogP contribution in [0.3, 0.4) is 0 Å². The van der Waals surface area contributed by atoms with E-state index in [1.54, 1.807) is 0 Å². The second kappa shape index (κ2) is 16.0. The van der Waals surface area contributed by atoms with Gasteiger partial charge in [-0.15, -0.1) is 0 Å². The molecule has 0 aromatic rings. The maximum absolute atomic E-state index is 9.00. The van der Waals surface area contributed by atoms with Crippen molar-refractivity contribution in [3.8, 4) is 0 Å². The van der Waals surface area contributed by atoms with Crippen molar-refractivity contribution in [3.05, 3.63) is 0 Å². The molecule has 0 fully saturated rings. The summed E-state index contributed by atoms with van der Waals surface area (Å²) in [6.45, 7) is 0.833. The molecule has 0 rings (SSSR count). The smallest absolute Gasteiger partial charge is 1.00 e. The fourth-order valence-electron chi connectivity index (χ4n) is 0. The summed E-state index contributed by atoms with van der Waals surface area (Å²) in [6.07, 6.45) is 0. The van der Waals surface area contributed by atoms with Crippen LogP contribution in [-0.4, -0.2) is 22.7 Å². The molecule has 0 bridgehead atoms. The largest absolute Gasteiger partial charge is 1.00 e. The van der Waals surface area contributed by atoms with Gasteiger partial charge in [-0.3, -0.25) is 9.59 Å². The quantitative estimate of drug-likeness (QED) is 0.258. The van der Waals surface area contributed by atoms with Crippen molar-refractivity contribution in [1.82, 2.24) is 0 Å². The van der Waals surface area contributed by atoms with Crippen molar-refractivity contribution in [1.29, 1.82) is 0 Å². The van der Waals surface area contributed by atoms with Crippen LogP contribution in [0.4, 0.5) is 0 Å². The standard InChI is InChI=1S/C2H4O2.CH2O2.Li.H/c1-2(3)4;2-1-3;;/h1H3,(H,3,4);1H,(H,2,3);;/q;;+1;-1. The van der Waals surface area contributed by atoms with E-state index in [9.17, 15) is 0 Å². The number of aliphatic carboxylic acids is 1. The Bertz CT molecular complexity index is 62.8. The van der Waals surface area contributed by atoms with Gasteiger partial charge < -0.3 is 11.6 Å². The third-order valence-electron chi connectivity index (χ3n) is 0. The molecule has 44 valence electrons. The number of hydrogen-bond acceptors (Lipinski definition) is 2. The van der Waals surface area contributed by atoms with Gasteiger partial charge in [-0.1, -0.05) is 0 Å². The normalized spacial score (nSPS) is 4.62. The molecule has 0 spiro atoms. The summed E-state index contributed by atoms with van der Waals surface area (Å²) in [5.74, 6) is -0.833. The van der Waals surface area contributed by atoms with Crippen LogP contribution in [0.5, 0.6) is 0 Å². The first-order chi connectivity index (χ1) is 3.15. The minimum Gasteiger partial charge on any atom is -1.00 e. The summed E-state index contributed by atoms with van der Waals surface area (Å²) >= 11 is 0. The third kappa shape index (κ3) is 533. The van der Waals surface area contributed by atoms with Crippen LogP contribution in [0.15, 0.2) is 0 Å². The Hall–Kier alpha value is -0.463. The predicted octanol–water partition coefficient (Wildman–Crippen LogP) is -3.09. The monoisotopic (exact) mass is 114 g/mol. The molecule has 4 nitrogen and oxygen atoms in total. The molecule has 0 radical (unpaired) electrons. The molecule has 0 aromatic carbocycles. The minimum absolute atomic E-state index is 0. The van der Waals surface area contributed by atoms with Gasteiger partial charge >= 0.3 is 18.9 Å². The fraction of sp³-hybridized carbons (Fsp3) is 0.333. The Morgan fingerprint density at radius 2 is 1.75 bits per heavy atom. The Morgan fingerprint density at radius 3 is 1.75 bits per heavy atom. The average Bonchev–Trinajstić information content (AvgIpc) is 1.33. The van der Waals surface area contributed by atoms with Crippen molar-refractivity contribution >= 4 is 12.4 Å². The first kappa shape index (κ1) is 15.6. The van der Waals surface area contributed by atoms with Crippen molar-refractivity contribution in [2.45, 2.75) is 6.92 Å². The summed E-state index contributed by atoms with van der Waals surface area (Å²) < 4.78 is 0. The predicted molar refractivity (Wildman–Crippen MR) is 23.1 cm³/mol. The van der Waals surface area contributed by atoms with Gasteiger partial charge in [-0.2, -0.15) is 0 Å². The van der Waals surface area contributed by atoms with E-state index in [-0.39, 0.29) is 26.8 Å². The maximum atomic E-state index is 9.00. The Kier molecular flexibility index (Phi) is 31.3. The molecule has 2 N–H and O–H groups in total. The van der Waals surface area contributed by atoms with Gasteiger partial charge in [0.2, 0.25) is 0 Å². The zero-order valence-corrected chi connectivity index (χ0v) is 4.79. The summed E-state index contributed by atoms with van der Waals surface area (Å²) in [5, 5.41) is 14.3. The summed E-state index contributed by atoms with van der Waals surface area (Å²) in [6, 6.07) is 0. The van der Waals surface area contributed by atoms with Crippen LogP contribution >= 0.6 is 0 Å². The molecular weight excluding hydrogens is 107 g/mol. The first-order valence-electron chi connectivity index (χ1n) is 1.42. The Morgan fingerprint density at radius 1 is 1.75 bits per heavy atom. The van der Waals surface area contributed by atoms with E-state index in [1.165, 1.54) is 0 Å². The van der Waals surface area contributed by atoms with Gasteiger partial charge in [-0.05, 0) is 0 Å². The molecule has 5 heteroatoms. The van der Waals surface area contributed by atoms with E-state index in [2.05, 4.69) is 0 Å². The second-order valence-electron chi connectivity index (χ2n) is 0.624. The van der Waals surface area contributed by atoms with Crippen LogP contribution in [0, 0.1) is 0 Å². The van der Waals surface area contributed by atoms with Crippen LogP contribution < -0.4 is 18.9 Å². The molecule has 8 heavy (non-hydrogen) atoms. The Labute approximate surface area is 60.2 Å². The van der Waals surface area contributed by atoms with Crippen LogP contribution in [0.25, 0.3) is 0 Å². The number of carbonyl (C=O) groups is 2. The van der Waals surface area contributed by atoms with E-state index in [4.69, 9.17) is 19.8 Å². The molecule has 0 atom stereocenters. The molecule has 0 saturated carbocycles. The first-order valence-corrected chi connectivity index (χ1v) is 1.42. The van der Waals surface area contributed by atoms with Crippen LogP contribution in [-0.2, 0) is 9.59 Å². The van der Waals surface area contributed by atoms with Crippen LogP contribution in [0.2, 0.25) is 0 Å². The molecule has 0 amide bonds.